The van der Waals surface area contributed by atoms with Gasteiger partial charge in [-0.05, 0) is 103 Å². The van der Waals surface area contributed by atoms with Crippen LogP contribution in [-0.2, 0) is 18.4 Å². The molecule has 0 spiro atoms. The van der Waals surface area contributed by atoms with Gasteiger partial charge in [0.05, 0.1) is 39.9 Å². The van der Waals surface area contributed by atoms with Crippen molar-refractivity contribution in [3.63, 3.8) is 0 Å². The van der Waals surface area contributed by atoms with E-state index in [0.717, 1.165) is 109 Å². The average molecular weight is 1090 g/mol. The van der Waals surface area contributed by atoms with Crippen molar-refractivity contribution in [2.45, 2.75) is 251 Å². The Morgan fingerprint density at radius 3 is 1.19 bits per heavy atom. The van der Waals surface area contributed by atoms with E-state index in [4.69, 9.17) is 9.05 Å². The predicted octanol–water partition coefficient (Wildman–Crippen LogP) is 19.5. The molecule has 3 N–H and O–H groups in total. The number of allylic oxidation sites excluding steroid dienone is 21. The van der Waals surface area contributed by atoms with Crippen LogP contribution in [-0.4, -0.2) is 73.4 Å². The largest absolute Gasteiger partial charge is 0.472 e. The van der Waals surface area contributed by atoms with E-state index < -0.39 is 20.0 Å². The maximum Gasteiger partial charge on any atom is 0.472 e. The minimum atomic E-state index is -4.37. The van der Waals surface area contributed by atoms with Crippen LogP contribution >= 0.6 is 7.82 Å². The molecular weight excluding hydrogens is 972 g/mol. The number of quaternary nitrogens is 1. The van der Waals surface area contributed by atoms with E-state index in [1.54, 1.807) is 6.08 Å². The van der Waals surface area contributed by atoms with Crippen molar-refractivity contribution < 1.29 is 32.9 Å². The zero-order chi connectivity index (χ0) is 56.3. The van der Waals surface area contributed by atoms with Gasteiger partial charge in [0.25, 0.3) is 0 Å². The SMILES string of the molecule is CC/C=C\C/C=C\C/C=C\C/C=C\C/C=C\C/C=C\C/C=C\C/C=C\C/C=C\CCCCCCCCCC(=O)NC(COP(=O)(O)OCC[N+](C)(C)C)C(O)/C=C/CC/C=C/CCCCCCCCCCCCCCCC. The van der Waals surface area contributed by atoms with Crippen LogP contribution in [0.15, 0.2) is 134 Å². The van der Waals surface area contributed by atoms with E-state index in [1.165, 1.54) is 109 Å². The quantitative estimate of drug-likeness (QED) is 0.0243. The Morgan fingerprint density at radius 1 is 0.455 bits per heavy atom. The summed E-state index contributed by atoms with van der Waals surface area (Å²) in [7, 11) is 1.53. The van der Waals surface area contributed by atoms with Gasteiger partial charge in [0.2, 0.25) is 5.91 Å². The van der Waals surface area contributed by atoms with Crippen LogP contribution in [0.1, 0.15) is 239 Å². The maximum absolute atomic E-state index is 13.0. The summed E-state index contributed by atoms with van der Waals surface area (Å²) >= 11 is 0. The standard InChI is InChI=1S/C68H117N2O6P/c1-6-8-10-12-14-16-18-20-22-24-26-28-29-30-31-32-33-34-35-36-37-38-39-40-41-42-44-46-48-50-52-54-56-58-60-62-68(72)69-66(65-76-77(73,74)75-64-63-70(3,4)5)67(71)61-59-57-55-53-51-49-47-45-43-27-25-23-21-19-17-15-13-11-9-7-2/h8,10,14,16,20,22,26,28,30-31,33-34,36-37,39-40,42,44,51,53,59,61,66-67,71H,6-7,9,11-13,15,17-19,21,23-25,27,29,32,35,38,41,43,45-50,52,54-58,60,62-65H2,1-5H3,(H-,69,72,73,74)/p+1/b10-8-,16-14-,22-20-,28-26-,31-30-,34-33-,37-36-,40-39-,44-42-,53-51+,61-59+. The second-order valence-corrected chi connectivity index (χ2v) is 23.1. The lowest BCUT2D eigenvalue weighted by molar-refractivity contribution is -0.870. The highest BCUT2D eigenvalue weighted by atomic mass is 31.2. The molecule has 0 aliphatic rings. The van der Waals surface area contributed by atoms with E-state index in [9.17, 15) is 19.4 Å². The second kappa shape index (κ2) is 57.3. The zero-order valence-electron chi connectivity index (χ0n) is 50.1. The van der Waals surface area contributed by atoms with Gasteiger partial charge in [-0.2, -0.15) is 0 Å². The molecule has 0 rings (SSSR count). The third-order valence-corrected chi connectivity index (χ3v) is 14.1. The van der Waals surface area contributed by atoms with Gasteiger partial charge in [-0.25, -0.2) is 4.57 Å². The summed E-state index contributed by atoms with van der Waals surface area (Å²) in [6.45, 7) is 4.67. The minimum absolute atomic E-state index is 0.0470. The van der Waals surface area contributed by atoms with E-state index >= 15 is 0 Å². The Bertz CT molecular complexity index is 1710. The number of rotatable bonds is 55. The average Bonchev–Trinajstić information content (AvgIpc) is 3.39. The van der Waals surface area contributed by atoms with E-state index in [1.807, 2.05) is 27.2 Å². The molecule has 0 saturated carbocycles. The van der Waals surface area contributed by atoms with Gasteiger partial charge >= 0.3 is 7.82 Å². The number of unbranched alkanes of at least 4 members (excludes halogenated alkanes) is 22. The van der Waals surface area contributed by atoms with Crippen molar-refractivity contribution in [3.05, 3.63) is 134 Å². The number of hydrogen-bond donors (Lipinski definition) is 3. The number of aliphatic hydroxyl groups excluding tert-OH is 1. The van der Waals surface area contributed by atoms with Crippen molar-refractivity contribution in [2.24, 2.45) is 0 Å². The molecule has 0 aromatic rings. The molecule has 0 aliphatic carbocycles. The van der Waals surface area contributed by atoms with E-state index in [0.29, 0.717) is 17.4 Å². The number of hydrogen-bond acceptors (Lipinski definition) is 5. The fourth-order valence-electron chi connectivity index (χ4n) is 8.29. The zero-order valence-corrected chi connectivity index (χ0v) is 51.0. The highest BCUT2D eigenvalue weighted by Crippen LogP contribution is 2.43. The van der Waals surface area contributed by atoms with Crippen molar-refractivity contribution in [3.8, 4) is 0 Å². The fourth-order valence-corrected chi connectivity index (χ4v) is 9.02. The summed E-state index contributed by atoms with van der Waals surface area (Å²) < 4.78 is 23.7. The number of phosphoric acid groups is 1. The minimum Gasteiger partial charge on any atom is -0.387 e. The smallest absolute Gasteiger partial charge is 0.387 e. The molecule has 0 fully saturated rings. The molecule has 3 atom stereocenters. The normalized spacial score (nSPS) is 14.7. The molecule has 0 saturated heterocycles. The molecule has 77 heavy (non-hydrogen) atoms. The van der Waals surface area contributed by atoms with Crippen molar-refractivity contribution in [2.75, 3.05) is 40.9 Å². The van der Waals surface area contributed by atoms with Crippen molar-refractivity contribution in [1.82, 2.24) is 5.32 Å². The lowest BCUT2D eigenvalue weighted by Gasteiger charge is -2.25. The Morgan fingerprint density at radius 2 is 0.792 bits per heavy atom. The fraction of sp³-hybridized carbons (Fsp3) is 0.662. The topological polar surface area (TPSA) is 105 Å². The summed E-state index contributed by atoms with van der Waals surface area (Å²) in [5, 5.41) is 13.9. The van der Waals surface area contributed by atoms with Crippen LogP contribution in [0, 0.1) is 0 Å². The number of amides is 1. The van der Waals surface area contributed by atoms with Crippen molar-refractivity contribution >= 4 is 13.7 Å². The molecule has 3 unspecified atom stereocenters. The highest BCUT2D eigenvalue weighted by Gasteiger charge is 2.27. The van der Waals surface area contributed by atoms with Crippen LogP contribution in [0.25, 0.3) is 0 Å². The van der Waals surface area contributed by atoms with Crippen LogP contribution < -0.4 is 5.32 Å². The number of carbonyl (C=O) groups is 1. The van der Waals surface area contributed by atoms with Gasteiger partial charge in [-0.15, -0.1) is 0 Å². The Hall–Kier alpha value is -3.36. The van der Waals surface area contributed by atoms with Crippen molar-refractivity contribution in [1.29, 1.82) is 0 Å². The number of nitrogens with one attached hydrogen (secondary N) is 1. The molecule has 0 aromatic carbocycles. The third-order valence-electron chi connectivity index (χ3n) is 13.1. The molecule has 9 heteroatoms. The van der Waals surface area contributed by atoms with Crippen LogP contribution in [0.3, 0.4) is 0 Å². The summed E-state index contributed by atoms with van der Waals surface area (Å²) in [6, 6.07) is -0.880. The second-order valence-electron chi connectivity index (χ2n) is 21.7. The summed E-state index contributed by atoms with van der Waals surface area (Å²) in [5.41, 5.74) is 0. The van der Waals surface area contributed by atoms with Gasteiger partial charge in [-0.3, -0.25) is 13.8 Å². The molecule has 440 valence electrons. The Kier molecular flexibility index (Phi) is 54.8. The predicted molar refractivity (Wildman–Crippen MR) is 336 cm³/mol. The summed E-state index contributed by atoms with van der Waals surface area (Å²) in [4.78, 5) is 23.3. The molecule has 0 radical (unpaired) electrons. The Balaban J connectivity index is 4.25. The highest BCUT2D eigenvalue weighted by molar-refractivity contribution is 7.47. The number of aliphatic hydroxyl groups is 1. The molecular formula is C68H118N2O6P+. The van der Waals surface area contributed by atoms with Gasteiger partial charge < -0.3 is 19.8 Å². The first kappa shape index (κ1) is 73.6. The number of carbonyl (C=O) groups excluding carboxylic acids is 1. The van der Waals surface area contributed by atoms with Crippen LogP contribution in [0.5, 0.6) is 0 Å². The number of likely N-dealkylation sites (N-methyl/N-ethyl adjacent to an activating group) is 1. The van der Waals surface area contributed by atoms with Gasteiger partial charge in [-0.1, -0.05) is 263 Å². The number of phosphoric ester groups is 1. The number of nitrogens with zero attached hydrogens (tertiary/aromatic N) is 1. The molecule has 0 aromatic heterocycles. The summed E-state index contributed by atoms with van der Waals surface area (Å²) in [5.74, 6) is -0.203. The van der Waals surface area contributed by atoms with Gasteiger partial charge in [0, 0.05) is 6.42 Å². The molecule has 8 nitrogen and oxygen atoms in total. The molecule has 0 aliphatic heterocycles. The maximum atomic E-state index is 13.0. The van der Waals surface area contributed by atoms with E-state index in [2.05, 4.69) is 141 Å². The molecule has 1 amide bonds. The third kappa shape index (κ3) is 60.1. The first-order valence-electron chi connectivity index (χ1n) is 31.1. The van der Waals surface area contributed by atoms with Gasteiger partial charge in [0.1, 0.15) is 13.2 Å². The Labute approximate surface area is 475 Å². The lowest BCUT2D eigenvalue weighted by Crippen LogP contribution is -2.45. The first-order chi connectivity index (χ1) is 37.5. The first-order valence-corrected chi connectivity index (χ1v) is 32.6. The van der Waals surface area contributed by atoms with Crippen LogP contribution in [0.2, 0.25) is 0 Å². The molecule has 0 bridgehead atoms. The van der Waals surface area contributed by atoms with Gasteiger partial charge in [0.15, 0.2) is 0 Å². The summed E-state index contributed by atoms with van der Waals surface area (Å²) in [6.07, 6.45) is 87.1. The molecule has 0 heterocycles. The van der Waals surface area contributed by atoms with E-state index in [-0.39, 0.29) is 19.1 Å². The van der Waals surface area contributed by atoms with Crippen LogP contribution in [0.4, 0.5) is 0 Å². The lowest BCUT2D eigenvalue weighted by atomic mass is 10.0. The monoisotopic (exact) mass is 1090 g/mol.